The highest BCUT2D eigenvalue weighted by Crippen LogP contribution is 2.26. The number of nitrogens with one attached hydrogen (secondary N) is 1. The quantitative estimate of drug-likeness (QED) is 0.803. The Hall–Kier alpha value is -2.28. The van der Waals surface area contributed by atoms with E-state index in [1.165, 1.54) is 12.8 Å². The number of carbonyl (C=O) groups excluding carboxylic acids is 2. The van der Waals surface area contributed by atoms with Crippen LogP contribution in [0.15, 0.2) is 18.2 Å². The number of hydrogen-bond donors (Lipinski definition) is 1. The third-order valence-electron chi connectivity index (χ3n) is 5.78. The van der Waals surface area contributed by atoms with Crippen molar-refractivity contribution in [3.63, 3.8) is 0 Å². The monoisotopic (exact) mass is 389 g/mol. The van der Waals surface area contributed by atoms with Crippen molar-refractivity contribution in [1.29, 1.82) is 0 Å². The van der Waals surface area contributed by atoms with E-state index in [-0.39, 0.29) is 11.8 Å². The predicted octanol–water partition coefficient (Wildman–Crippen LogP) is 1.77. The Morgan fingerprint density at radius 2 is 1.71 bits per heavy atom. The third-order valence-corrected chi connectivity index (χ3v) is 5.78. The molecule has 0 aromatic heterocycles. The summed E-state index contributed by atoms with van der Waals surface area (Å²) in [5, 5.41) is 3.36. The van der Waals surface area contributed by atoms with Crippen LogP contribution >= 0.6 is 0 Å². The average molecular weight is 389 g/mol. The minimum atomic E-state index is -0.0682. The van der Waals surface area contributed by atoms with E-state index >= 15 is 0 Å². The smallest absolute Gasteiger partial charge is 0.257 e. The lowest BCUT2D eigenvalue weighted by Gasteiger charge is -2.35. The fourth-order valence-electron chi connectivity index (χ4n) is 3.96. The largest absolute Gasteiger partial charge is 0.497 e. The van der Waals surface area contributed by atoms with Crippen molar-refractivity contribution < 1.29 is 19.1 Å². The molecule has 1 aromatic carbocycles. The highest BCUT2D eigenvalue weighted by Gasteiger charge is 2.27. The topological polar surface area (TPSA) is 71.1 Å². The first-order valence-corrected chi connectivity index (χ1v) is 10.1. The summed E-state index contributed by atoms with van der Waals surface area (Å²) in [5.41, 5.74) is 0.522. The van der Waals surface area contributed by atoms with Crippen LogP contribution in [0.25, 0.3) is 0 Å². The second-order valence-electron chi connectivity index (χ2n) is 7.47. The Morgan fingerprint density at radius 3 is 2.36 bits per heavy atom. The van der Waals surface area contributed by atoms with E-state index in [1.807, 2.05) is 4.90 Å². The summed E-state index contributed by atoms with van der Waals surface area (Å²) in [5.74, 6) is 1.96. The number of benzene rings is 1. The number of carbonyl (C=O) groups is 2. The van der Waals surface area contributed by atoms with Gasteiger partial charge in [-0.3, -0.25) is 9.59 Å². The molecule has 2 heterocycles. The standard InChI is InChI=1S/C21H31N3O4/c1-27-17-4-5-18(19(15-17)28-2)21(26)24-13-11-23(12-14-24)20(25)6-3-16-7-9-22-10-8-16/h4-5,15-16,22H,3,6-14H2,1-2H3. The SMILES string of the molecule is COc1ccc(C(=O)N2CCN(C(=O)CCC3CCNCC3)CC2)c(OC)c1. The lowest BCUT2D eigenvalue weighted by Crippen LogP contribution is -2.50. The van der Waals surface area contributed by atoms with Crippen LogP contribution < -0.4 is 14.8 Å². The first kappa shape index (κ1) is 20.5. The fourth-order valence-corrected chi connectivity index (χ4v) is 3.96. The molecule has 0 saturated carbocycles. The van der Waals surface area contributed by atoms with E-state index in [2.05, 4.69) is 5.32 Å². The molecule has 2 aliphatic heterocycles. The van der Waals surface area contributed by atoms with Crippen LogP contribution in [0.1, 0.15) is 36.0 Å². The number of amides is 2. The zero-order valence-electron chi connectivity index (χ0n) is 16.9. The highest BCUT2D eigenvalue weighted by molar-refractivity contribution is 5.97. The highest BCUT2D eigenvalue weighted by atomic mass is 16.5. The zero-order chi connectivity index (χ0) is 19.9. The van der Waals surface area contributed by atoms with Gasteiger partial charge in [-0.1, -0.05) is 0 Å². The van der Waals surface area contributed by atoms with Gasteiger partial charge in [0.15, 0.2) is 0 Å². The number of piperazine rings is 1. The molecule has 0 unspecified atom stereocenters. The van der Waals surface area contributed by atoms with E-state index in [9.17, 15) is 9.59 Å². The van der Waals surface area contributed by atoms with Crippen molar-refractivity contribution in [2.45, 2.75) is 25.7 Å². The summed E-state index contributed by atoms with van der Waals surface area (Å²) in [6.07, 6.45) is 3.92. The van der Waals surface area contributed by atoms with Crippen molar-refractivity contribution >= 4 is 11.8 Å². The van der Waals surface area contributed by atoms with Crippen LogP contribution in [-0.4, -0.2) is 75.1 Å². The number of hydrogen-bond acceptors (Lipinski definition) is 5. The molecule has 7 nitrogen and oxygen atoms in total. The lowest BCUT2D eigenvalue weighted by atomic mass is 9.93. The van der Waals surface area contributed by atoms with Crippen molar-refractivity contribution in [3.8, 4) is 11.5 Å². The summed E-state index contributed by atoms with van der Waals surface area (Å²) < 4.78 is 10.5. The Kier molecular flexibility index (Phi) is 7.14. The Balaban J connectivity index is 1.50. The van der Waals surface area contributed by atoms with Gasteiger partial charge < -0.3 is 24.6 Å². The summed E-state index contributed by atoms with van der Waals surface area (Å²) in [4.78, 5) is 29.1. The maximum absolute atomic E-state index is 12.9. The first-order chi connectivity index (χ1) is 13.6. The minimum Gasteiger partial charge on any atom is -0.497 e. The maximum Gasteiger partial charge on any atom is 0.257 e. The average Bonchev–Trinajstić information content (AvgIpc) is 2.77. The Morgan fingerprint density at radius 1 is 1.04 bits per heavy atom. The number of methoxy groups -OCH3 is 2. The van der Waals surface area contributed by atoms with E-state index in [1.54, 1.807) is 37.3 Å². The van der Waals surface area contributed by atoms with E-state index in [0.717, 1.165) is 19.5 Å². The summed E-state index contributed by atoms with van der Waals surface area (Å²) in [6, 6.07) is 5.21. The van der Waals surface area contributed by atoms with Crippen molar-refractivity contribution in [2.75, 3.05) is 53.5 Å². The van der Waals surface area contributed by atoms with Gasteiger partial charge in [-0.25, -0.2) is 0 Å². The molecule has 0 aliphatic carbocycles. The zero-order valence-corrected chi connectivity index (χ0v) is 16.9. The number of rotatable bonds is 6. The number of ether oxygens (including phenoxy) is 2. The van der Waals surface area contributed by atoms with Gasteiger partial charge in [-0.2, -0.15) is 0 Å². The molecular formula is C21H31N3O4. The minimum absolute atomic E-state index is 0.0682. The molecule has 3 rings (SSSR count). The third kappa shape index (κ3) is 4.95. The molecule has 2 fully saturated rings. The lowest BCUT2D eigenvalue weighted by molar-refractivity contribution is -0.133. The van der Waals surface area contributed by atoms with E-state index in [4.69, 9.17) is 9.47 Å². The number of piperidine rings is 1. The second kappa shape index (κ2) is 9.78. The summed E-state index contributed by atoms with van der Waals surface area (Å²) in [6.45, 7) is 4.41. The molecule has 2 saturated heterocycles. The molecule has 2 amide bonds. The molecule has 0 atom stereocenters. The maximum atomic E-state index is 12.9. The van der Waals surface area contributed by atoms with Gasteiger partial charge in [0.2, 0.25) is 5.91 Å². The van der Waals surface area contributed by atoms with Gasteiger partial charge in [0.25, 0.3) is 5.91 Å². The van der Waals surface area contributed by atoms with Gasteiger partial charge in [0, 0.05) is 38.7 Å². The van der Waals surface area contributed by atoms with Crippen LogP contribution in [0.5, 0.6) is 11.5 Å². The van der Waals surface area contributed by atoms with Crippen molar-refractivity contribution in [2.24, 2.45) is 5.92 Å². The van der Waals surface area contributed by atoms with Crippen LogP contribution in [0, 0.1) is 5.92 Å². The molecule has 2 aliphatic rings. The molecule has 7 heteroatoms. The van der Waals surface area contributed by atoms with E-state index < -0.39 is 0 Å². The van der Waals surface area contributed by atoms with Gasteiger partial charge in [0.1, 0.15) is 11.5 Å². The molecule has 0 spiro atoms. The summed E-state index contributed by atoms with van der Waals surface area (Å²) >= 11 is 0. The van der Waals surface area contributed by atoms with Gasteiger partial charge >= 0.3 is 0 Å². The first-order valence-electron chi connectivity index (χ1n) is 10.1. The molecule has 1 aromatic rings. The van der Waals surface area contributed by atoms with Gasteiger partial charge in [-0.15, -0.1) is 0 Å². The molecular weight excluding hydrogens is 358 g/mol. The Labute approximate surface area is 167 Å². The number of nitrogens with zero attached hydrogens (tertiary/aromatic N) is 2. The van der Waals surface area contributed by atoms with Crippen LogP contribution in [0.2, 0.25) is 0 Å². The summed E-state index contributed by atoms with van der Waals surface area (Å²) in [7, 11) is 3.13. The Bertz CT molecular complexity index is 680. The normalized spacial score (nSPS) is 18.1. The van der Waals surface area contributed by atoms with Crippen molar-refractivity contribution in [3.05, 3.63) is 23.8 Å². The van der Waals surface area contributed by atoms with E-state index in [0.29, 0.717) is 55.6 Å². The van der Waals surface area contributed by atoms with Crippen LogP contribution in [-0.2, 0) is 4.79 Å². The molecule has 1 N–H and O–H groups in total. The predicted molar refractivity (Wildman–Crippen MR) is 107 cm³/mol. The second-order valence-corrected chi connectivity index (χ2v) is 7.47. The fraction of sp³-hybridized carbons (Fsp3) is 0.619. The van der Waals surface area contributed by atoms with Gasteiger partial charge in [-0.05, 0) is 50.4 Å². The molecule has 0 radical (unpaired) electrons. The van der Waals surface area contributed by atoms with Crippen LogP contribution in [0.4, 0.5) is 0 Å². The molecule has 0 bridgehead atoms. The molecule has 154 valence electrons. The van der Waals surface area contributed by atoms with Crippen LogP contribution in [0.3, 0.4) is 0 Å². The van der Waals surface area contributed by atoms with Gasteiger partial charge in [0.05, 0.1) is 19.8 Å². The molecule has 28 heavy (non-hydrogen) atoms. The van der Waals surface area contributed by atoms with Crippen molar-refractivity contribution in [1.82, 2.24) is 15.1 Å².